The number of ether oxygens (including phenoxy) is 2. The quantitative estimate of drug-likeness (QED) is 0.580. The van der Waals surface area contributed by atoms with Crippen molar-refractivity contribution in [3.8, 4) is 5.75 Å². The van der Waals surface area contributed by atoms with Gasteiger partial charge >= 0.3 is 12.4 Å². The van der Waals surface area contributed by atoms with Gasteiger partial charge in [-0.05, 0) is 30.7 Å². The Morgan fingerprint density at radius 1 is 1.41 bits per heavy atom. The van der Waals surface area contributed by atoms with E-state index in [2.05, 4.69) is 0 Å². The van der Waals surface area contributed by atoms with Gasteiger partial charge in [0.2, 0.25) is 0 Å². The minimum Gasteiger partial charge on any atom is -0.478 e. The molecule has 0 spiro atoms. The van der Waals surface area contributed by atoms with E-state index < -0.39 is 12.4 Å². The maximum atomic E-state index is 10.3. The van der Waals surface area contributed by atoms with Crippen LogP contribution in [0.5, 0.6) is 5.75 Å². The second kappa shape index (κ2) is 6.67. The van der Waals surface area contributed by atoms with Crippen LogP contribution in [0.3, 0.4) is 0 Å². The van der Waals surface area contributed by atoms with Crippen LogP contribution in [-0.4, -0.2) is 29.3 Å². The number of aliphatic hydroxyl groups is 1. The van der Waals surface area contributed by atoms with E-state index in [0.29, 0.717) is 12.4 Å². The van der Waals surface area contributed by atoms with E-state index in [1.807, 2.05) is 0 Å². The number of carboxylic acid groups (broad SMARTS) is 1. The van der Waals surface area contributed by atoms with Crippen LogP contribution in [0.4, 0.5) is 0 Å². The molecule has 0 saturated carbocycles. The van der Waals surface area contributed by atoms with Gasteiger partial charge in [0.25, 0.3) is 0 Å². The number of carboxylic acids is 1. The summed E-state index contributed by atoms with van der Waals surface area (Å²) in [6, 6.07) is 6.58. The molecule has 1 rings (SSSR count). The number of rotatable bonds is 6. The fraction of sp³-hybridized carbons (Fsp3) is 0.250. The highest BCUT2D eigenvalue weighted by Crippen LogP contribution is 2.14. The van der Waals surface area contributed by atoms with Gasteiger partial charge in [0.1, 0.15) is 5.75 Å². The first-order valence-corrected chi connectivity index (χ1v) is 5.09. The van der Waals surface area contributed by atoms with Crippen LogP contribution in [-0.2, 0) is 9.53 Å². The van der Waals surface area contributed by atoms with Crippen LogP contribution in [0.25, 0.3) is 6.08 Å². The van der Waals surface area contributed by atoms with Crippen molar-refractivity contribution in [1.29, 1.82) is 0 Å². The Balaban J connectivity index is 2.58. The number of benzene rings is 1. The maximum absolute atomic E-state index is 10.3. The zero-order valence-electron chi connectivity index (χ0n) is 9.37. The minimum absolute atomic E-state index is 0.348. The molecule has 1 unspecified atom stereocenters. The third kappa shape index (κ3) is 5.14. The average molecular weight is 238 g/mol. The van der Waals surface area contributed by atoms with Gasteiger partial charge in [-0.3, -0.25) is 0 Å². The first-order chi connectivity index (χ1) is 8.11. The Hall–Kier alpha value is -1.85. The van der Waals surface area contributed by atoms with Crippen LogP contribution in [0.15, 0.2) is 30.3 Å². The number of aliphatic hydroxyl groups excluding tert-OH is 1. The van der Waals surface area contributed by atoms with E-state index in [9.17, 15) is 9.90 Å². The van der Waals surface area contributed by atoms with Gasteiger partial charge in [0, 0.05) is 6.08 Å². The van der Waals surface area contributed by atoms with Crippen molar-refractivity contribution in [3.63, 3.8) is 0 Å². The van der Waals surface area contributed by atoms with Crippen LogP contribution >= 0.6 is 0 Å². The van der Waals surface area contributed by atoms with Crippen LogP contribution in [0.2, 0.25) is 0 Å². The second-order valence-electron chi connectivity index (χ2n) is 3.12. The van der Waals surface area contributed by atoms with E-state index >= 15 is 0 Å². The fourth-order valence-corrected chi connectivity index (χ4v) is 1.12. The zero-order chi connectivity index (χ0) is 12.7. The Morgan fingerprint density at radius 3 is 2.59 bits per heavy atom. The van der Waals surface area contributed by atoms with Crippen molar-refractivity contribution < 1.29 is 24.5 Å². The Kier molecular flexibility index (Phi) is 5.19. The summed E-state index contributed by atoms with van der Waals surface area (Å²) in [5.41, 5.74) is 0.727. The van der Waals surface area contributed by atoms with E-state index in [1.165, 1.54) is 6.08 Å². The number of carbonyl (C=O) groups is 1. The average Bonchev–Trinajstić information content (AvgIpc) is 2.28. The summed E-state index contributed by atoms with van der Waals surface area (Å²) >= 11 is 0. The number of aliphatic carboxylic acids is 1. The molecule has 0 aliphatic rings. The topological polar surface area (TPSA) is 76.0 Å². The molecule has 0 radical (unpaired) electrons. The second-order valence-corrected chi connectivity index (χ2v) is 3.12. The largest absolute Gasteiger partial charge is 0.478 e. The summed E-state index contributed by atoms with van der Waals surface area (Å²) in [7, 11) is 0. The molecule has 0 bridgehead atoms. The van der Waals surface area contributed by atoms with Crippen molar-refractivity contribution in [2.75, 3.05) is 6.61 Å². The molecule has 0 saturated heterocycles. The molecule has 1 aromatic rings. The molecular weight excluding hydrogens is 224 g/mol. The van der Waals surface area contributed by atoms with E-state index in [-0.39, 0.29) is 0 Å². The Bertz CT molecular complexity index is 382. The molecule has 0 heterocycles. The molecule has 0 amide bonds. The third-order valence-corrected chi connectivity index (χ3v) is 1.84. The molecule has 92 valence electrons. The van der Waals surface area contributed by atoms with Gasteiger partial charge in [0.05, 0.1) is 6.61 Å². The first kappa shape index (κ1) is 13.2. The van der Waals surface area contributed by atoms with Crippen molar-refractivity contribution in [2.45, 2.75) is 13.4 Å². The lowest BCUT2D eigenvalue weighted by molar-refractivity contribution is -0.213. The SMILES string of the molecule is CCOC(O)Oc1ccc(/C=C/C(=O)O)cc1. The standard InChI is InChI=1S/C12H14O5/c1-2-16-12(15)17-10-6-3-9(4-7-10)5-8-11(13)14/h3-8,12,15H,2H2,1H3,(H,13,14)/b8-5+. The van der Waals surface area contributed by atoms with Crippen LogP contribution in [0.1, 0.15) is 12.5 Å². The highest BCUT2D eigenvalue weighted by atomic mass is 16.8. The lowest BCUT2D eigenvalue weighted by Crippen LogP contribution is -2.19. The molecule has 1 atom stereocenters. The van der Waals surface area contributed by atoms with Gasteiger partial charge in [0.15, 0.2) is 0 Å². The van der Waals surface area contributed by atoms with E-state index in [0.717, 1.165) is 11.6 Å². The van der Waals surface area contributed by atoms with Crippen molar-refractivity contribution in [3.05, 3.63) is 35.9 Å². The Morgan fingerprint density at radius 2 is 2.06 bits per heavy atom. The van der Waals surface area contributed by atoms with Gasteiger partial charge in [-0.15, -0.1) is 0 Å². The van der Waals surface area contributed by atoms with Gasteiger partial charge in [-0.1, -0.05) is 12.1 Å². The lowest BCUT2D eigenvalue weighted by Gasteiger charge is -2.12. The summed E-state index contributed by atoms with van der Waals surface area (Å²) in [5.74, 6) is -0.560. The van der Waals surface area contributed by atoms with Crippen LogP contribution in [0, 0.1) is 0 Å². The molecule has 0 fully saturated rings. The monoisotopic (exact) mass is 238 g/mol. The minimum atomic E-state index is -1.29. The molecule has 5 heteroatoms. The summed E-state index contributed by atoms with van der Waals surface area (Å²) in [6.45, 7) is 0.799. The molecule has 5 nitrogen and oxygen atoms in total. The predicted molar refractivity (Wildman–Crippen MR) is 61.4 cm³/mol. The van der Waals surface area contributed by atoms with Gasteiger partial charge in [-0.2, -0.15) is 0 Å². The fourth-order valence-electron chi connectivity index (χ4n) is 1.12. The van der Waals surface area contributed by atoms with Crippen molar-refractivity contribution in [1.82, 2.24) is 0 Å². The number of hydrogen-bond donors (Lipinski definition) is 2. The summed E-state index contributed by atoms with van der Waals surface area (Å²) in [6.07, 6.45) is 2.51. The summed E-state index contributed by atoms with van der Waals surface area (Å²) in [4.78, 5) is 10.3. The highest BCUT2D eigenvalue weighted by molar-refractivity contribution is 5.85. The van der Waals surface area contributed by atoms with Gasteiger partial charge in [-0.25, -0.2) is 4.79 Å². The third-order valence-electron chi connectivity index (χ3n) is 1.84. The molecule has 0 aliphatic heterocycles. The normalized spacial score (nSPS) is 12.6. The smallest absolute Gasteiger partial charge is 0.328 e. The summed E-state index contributed by atoms with van der Waals surface area (Å²) < 4.78 is 9.82. The van der Waals surface area contributed by atoms with Gasteiger partial charge < -0.3 is 19.7 Å². The van der Waals surface area contributed by atoms with E-state index in [4.69, 9.17) is 14.6 Å². The molecule has 17 heavy (non-hydrogen) atoms. The number of hydrogen-bond acceptors (Lipinski definition) is 4. The highest BCUT2D eigenvalue weighted by Gasteiger charge is 2.03. The predicted octanol–water partition coefficient (Wildman–Crippen LogP) is 1.48. The van der Waals surface area contributed by atoms with E-state index in [1.54, 1.807) is 31.2 Å². The van der Waals surface area contributed by atoms with Crippen molar-refractivity contribution in [2.24, 2.45) is 0 Å². The molecular formula is C12H14O5. The zero-order valence-corrected chi connectivity index (χ0v) is 9.37. The maximum Gasteiger partial charge on any atom is 0.328 e. The lowest BCUT2D eigenvalue weighted by atomic mass is 10.2. The Labute approximate surface area is 98.9 Å². The molecule has 1 aromatic carbocycles. The van der Waals surface area contributed by atoms with Crippen molar-refractivity contribution >= 4 is 12.0 Å². The van der Waals surface area contributed by atoms with Crippen LogP contribution < -0.4 is 4.74 Å². The first-order valence-electron chi connectivity index (χ1n) is 5.09. The molecule has 0 aliphatic carbocycles. The molecule has 2 N–H and O–H groups in total. The summed E-state index contributed by atoms with van der Waals surface area (Å²) in [5, 5.41) is 17.7. The molecule has 0 aromatic heterocycles.